The Kier molecular flexibility index (Phi) is 10.4. The van der Waals surface area contributed by atoms with Gasteiger partial charge in [-0.2, -0.15) is 0 Å². The van der Waals surface area contributed by atoms with Crippen LogP contribution in [-0.4, -0.2) is 80.3 Å². The molecule has 0 spiro atoms. The van der Waals surface area contributed by atoms with Crippen molar-refractivity contribution in [2.45, 2.75) is 50.8 Å². The van der Waals surface area contributed by atoms with E-state index in [2.05, 4.69) is 10.6 Å². The fourth-order valence-corrected chi connectivity index (χ4v) is 4.35. The van der Waals surface area contributed by atoms with Crippen LogP contribution in [0.2, 0.25) is 0 Å². The van der Waals surface area contributed by atoms with Crippen LogP contribution in [-0.2, 0) is 36.8 Å². The third-order valence-electron chi connectivity index (χ3n) is 6.79. The van der Waals surface area contributed by atoms with Gasteiger partial charge in [0.25, 0.3) is 0 Å². The van der Waals surface area contributed by atoms with E-state index in [9.17, 15) is 19.2 Å². The van der Waals surface area contributed by atoms with Gasteiger partial charge in [-0.3, -0.25) is 19.2 Å². The first-order valence-corrected chi connectivity index (χ1v) is 13.1. The number of benzene rings is 2. The van der Waals surface area contributed by atoms with Crippen LogP contribution in [0.15, 0.2) is 54.6 Å². The second kappa shape index (κ2) is 13.5. The van der Waals surface area contributed by atoms with Crippen molar-refractivity contribution in [1.82, 2.24) is 15.5 Å². The zero-order chi connectivity index (χ0) is 28.6. The first-order valence-electron chi connectivity index (χ1n) is 13.1. The number of nitrogens with one attached hydrogen (secondary N) is 2. The molecule has 1 fully saturated rings. The molecule has 4 unspecified atom stereocenters. The molecule has 9 nitrogen and oxygen atoms in total. The van der Waals surface area contributed by atoms with Crippen LogP contribution < -0.4 is 15.4 Å². The van der Waals surface area contributed by atoms with E-state index in [0.717, 1.165) is 11.1 Å². The minimum Gasteiger partial charge on any atom is -0.497 e. The highest BCUT2D eigenvalue weighted by atomic mass is 16.6. The van der Waals surface area contributed by atoms with E-state index in [1.165, 1.54) is 0 Å². The monoisotopic (exact) mass is 537 g/mol. The number of carbonyl (C=O) groups is 4. The Morgan fingerprint density at radius 3 is 2.15 bits per heavy atom. The summed E-state index contributed by atoms with van der Waals surface area (Å²) in [5.74, 6) is -1.21. The Labute approximate surface area is 230 Å². The van der Waals surface area contributed by atoms with Crippen molar-refractivity contribution in [2.75, 3.05) is 34.4 Å². The summed E-state index contributed by atoms with van der Waals surface area (Å²) in [5, 5.41) is 5.63. The predicted octanol–water partition coefficient (Wildman–Crippen LogP) is 1.96. The number of rotatable bonds is 15. The Morgan fingerprint density at radius 2 is 1.59 bits per heavy atom. The molecule has 2 amide bonds. The van der Waals surface area contributed by atoms with Gasteiger partial charge >= 0.3 is 0 Å². The van der Waals surface area contributed by atoms with Crippen LogP contribution >= 0.6 is 0 Å². The van der Waals surface area contributed by atoms with Gasteiger partial charge in [0.05, 0.1) is 32.3 Å². The standard InChI is InChI=1S/C30H39N3O6/c1-20(31-27(35)18-33(3)4)26(34)17-23(15-22-11-13-24(38-5)14-12-22)29(37)32-25(28(36)30(2)19-39-30)16-21-9-7-6-8-10-21/h6-14,20,23,25H,15-19H2,1-5H3,(H,31,35)(H,32,37). The van der Waals surface area contributed by atoms with E-state index in [1.54, 1.807) is 52.1 Å². The fourth-order valence-electron chi connectivity index (χ4n) is 4.35. The van der Waals surface area contributed by atoms with Gasteiger partial charge in [-0.25, -0.2) is 0 Å². The number of epoxide rings is 1. The summed E-state index contributed by atoms with van der Waals surface area (Å²) in [6.45, 7) is 3.80. The lowest BCUT2D eigenvalue weighted by atomic mass is 9.89. The molecular formula is C30H39N3O6. The zero-order valence-electron chi connectivity index (χ0n) is 23.4. The average molecular weight is 538 g/mol. The molecule has 9 heteroatoms. The maximum atomic E-state index is 13.7. The lowest BCUT2D eigenvalue weighted by Crippen LogP contribution is -2.50. The fraction of sp³-hybridized carbons (Fsp3) is 0.467. The van der Waals surface area contributed by atoms with Gasteiger partial charge in [0.2, 0.25) is 11.8 Å². The number of ketones is 2. The molecule has 1 saturated heterocycles. The largest absolute Gasteiger partial charge is 0.497 e. The molecule has 2 aromatic rings. The molecule has 3 rings (SSSR count). The van der Waals surface area contributed by atoms with Crippen LogP contribution in [0.1, 0.15) is 31.4 Å². The first kappa shape index (κ1) is 30.0. The van der Waals surface area contributed by atoms with E-state index in [-0.39, 0.29) is 36.9 Å². The molecular weight excluding hydrogens is 498 g/mol. The van der Waals surface area contributed by atoms with Gasteiger partial charge in [0.15, 0.2) is 11.6 Å². The van der Waals surface area contributed by atoms with Crippen molar-refractivity contribution in [3.63, 3.8) is 0 Å². The summed E-state index contributed by atoms with van der Waals surface area (Å²) < 4.78 is 10.6. The summed E-state index contributed by atoms with van der Waals surface area (Å²) in [4.78, 5) is 54.0. The SMILES string of the molecule is COc1ccc(CC(CC(=O)C(C)NC(=O)CN(C)C)C(=O)NC(Cc2ccccc2)C(=O)C2(C)CO2)cc1. The number of methoxy groups -OCH3 is 1. The molecule has 1 heterocycles. The van der Waals surface area contributed by atoms with Crippen LogP contribution in [0, 0.1) is 5.92 Å². The average Bonchev–Trinajstić information content (AvgIpc) is 3.66. The molecule has 0 bridgehead atoms. The quantitative estimate of drug-likeness (QED) is 0.334. The van der Waals surface area contributed by atoms with Crippen LogP contribution in [0.25, 0.3) is 0 Å². The number of Topliss-reactive ketones (excluding diaryl/α,β-unsaturated/α-hetero) is 2. The number of amides is 2. The predicted molar refractivity (Wildman–Crippen MR) is 147 cm³/mol. The second-order valence-electron chi connectivity index (χ2n) is 10.6. The molecule has 2 aromatic carbocycles. The summed E-state index contributed by atoms with van der Waals surface area (Å²) >= 11 is 0. The number of carbonyl (C=O) groups excluding carboxylic acids is 4. The number of hydrogen-bond acceptors (Lipinski definition) is 7. The zero-order valence-corrected chi connectivity index (χ0v) is 23.4. The van der Waals surface area contributed by atoms with E-state index in [0.29, 0.717) is 18.8 Å². The van der Waals surface area contributed by atoms with Gasteiger partial charge < -0.3 is 25.0 Å². The normalized spacial score (nSPS) is 18.5. The molecule has 0 radical (unpaired) electrons. The maximum Gasteiger partial charge on any atom is 0.234 e. The van der Waals surface area contributed by atoms with Gasteiger partial charge in [-0.05, 0) is 64.0 Å². The number of ether oxygens (including phenoxy) is 2. The van der Waals surface area contributed by atoms with Gasteiger partial charge in [0.1, 0.15) is 11.4 Å². The lowest BCUT2D eigenvalue weighted by molar-refractivity contribution is -0.134. The molecule has 0 saturated carbocycles. The van der Waals surface area contributed by atoms with Crippen molar-refractivity contribution < 1.29 is 28.7 Å². The van der Waals surface area contributed by atoms with E-state index in [1.807, 2.05) is 42.5 Å². The van der Waals surface area contributed by atoms with Crippen molar-refractivity contribution in [3.05, 3.63) is 65.7 Å². The van der Waals surface area contributed by atoms with Crippen molar-refractivity contribution in [2.24, 2.45) is 5.92 Å². The lowest BCUT2D eigenvalue weighted by Gasteiger charge is -2.24. The Morgan fingerprint density at radius 1 is 0.974 bits per heavy atom. The smallest absolute Gasteiger partial charge is 0.234 e. The molecule has 39 heavy (non-hydrogen) atoms. The van der Waals surface area contributed by atoms with Crippen LogP contribution in [0.4, 0.5) is 0 Å². The highest BCUT2D eigenvalue weighted by molar-refractivity contribution is 5.98. The van der Waals surface area contributed by atoms with Gasteiger partial charge in [-0.15, -0.1) is 0 Å². The molecule has 2 N–H and O–H groups in total. The second-order valence-corrected chi connectivity index (χ2v) is 10.6. The molecule has 0 aliphatic carbocycles. The van der Waals surface area contributed by atoms with Gasteiger partial charge in [-0.1, -0.05) is 42.5 Å². The molecule has 1 aliphatic heterocycles. The van der Waals surface area contributed by atoms with E-state index in [4.69, 9.17) is 9.47 Å². The van der Waals surface area contributed by atoms with E-state index >= 15 is 0 Å². The van der Waals surface area contributed by atoms with Crippen LogP contribution in [0.3, 0.4) is 0 Å². The minimum atomic E-state index is -0.917. The highest BCUT2D eigenvalue weighted by Crippen LogP contribution is 2.29. The first-order chi connectivity index (χ1) is 18.5. The van der Waals surface area contributed by atoms with E-state index < -0.39 is 29.5 Å². The third-order valence-corrected chi connectivity index (χ3v) is 6.79. The molecule has 0 aromatic heterocycles. The number of nitrogens with zero attached hydrogens (tertiary/aromatic N) is 1. The minimum absolute atomic E-state index is 0.0959. The summed E-state index contributed by atoms with van der Waals surface area (Å²) in [6.07, 6.45) is 0.492. The maximum absolute atomic E-state index is 13.7. The molecule has 4 atom stereocenters. The van der Waals surface area contributed by atoms with Crippen LogP contribution in [0.5, 0.6) is 5.75 Å². The molecule has 1 aliphatic rings. The summed E-state index contributed by atoms with van der Waals surface area (Å²) in [5.41, 5.74) is 0.830. The third kappa shape index (κ3) is 9.01. The summed E-state index contributed by atoms with van der Waals surface area (Å²) in [7, 11) is 5.10. The van der Waals surface area contributed by atoms with Crippen molar-refractivity contribution in [1.29, 1.82) is 0 Å². The van der Waals surface area contributed by atoms with Crippen molar-refractivity contribution >= 4 is 23.4 Å². The Hall–Kier alpha value is -3.56. The number of likely N-dealkylation sites (N-methyl/N-ethyl adjacent to an activating group) is 1. The highest BCUT2D eigenvalue weighted by Gasteiger charge is 2.50. The molecule has 210 valence electrons. The summed E-state index contributed by atoms with van der Waals surface area (Å²) in [6, 6.07) is 15.2. The van der Waals surface area contributed by atoms with Crippen molar-refractivity contribution in [3.8, 4) is 5.75 Å². The number of hydrogen-bond donors (Lipinski definition) is 2. The Balaban J connectivity index is 1.79. The topological polar surface area (TPSA) is 117 Å². The Bertz CT molecular complexity index is 1150. The van der Waals surface area contributed by atoms with Gasteiger partial charge in [0, 0.05) is 12.3 Å².